The number of hydrogen-bond donors (Lipinski definition) is 1. The number of hydrogen-bond acceptors (Lipinski definition) is 2. The van der Waals surface area contributed by atoms with E-state index in [0.29, 0.717) is 5.56 Å². The first kappa shape index (κ1) is 14.9. The zero-order valence-corrected chi connectivity index (χ0v) is 12.4. The minimum absolute atomic E-state index is 0.0981. The molecule has 0 aliphatic rings. The number of nitrogens with one attached hydrogen (secondary N) is 1. The number of halogens is 3. The Balaban J connectivity index is 2.79. The van der Waals surface area contributed by atoms with Gasteiger partial charge in [-0.15, -0.1) is 0 Å². The molecule has 1 nitrogen and oxygen atoms in total. The molecule has 0 aliphatic heterocycles. The van der Waals surface area contributed by atoms with Crippen LogP contribution in [0.5, 0.6) is 0 Å². The number of benzene rings is 1. The minimum Gasteiger partial charge on any atom is -0.250 e. The highest BCUT2D eigenvalue weighted by atomic mass is 79.9. The highest BCUT2D eigenvalue weighted by molar-refractivity contribution is 9.10. The van der Waals surface area contributed by atoms with Crippen molar-refractivity contribution in [1.29, 1.82) is 0 Å². The van der Waals surface area contributed by atoms with Crippen molar-refractivity contribution in [2.75, 3.05) is 0 Å². The largest absolute Gasteiger partial charge is 0.258 e. The second-order valence-corrected chi connectivity index (χ2v) is 7.28. The predicted molar refractivity (Wildman–Crippen MR) is 73.4 cm³/mol. The van der Waals surface area contributed by atoms with Gasteiger partial charge in [-0.2, -0.15) is 0 Å². The fourth-order valence-corrected chi connectivity index (χ4v) is 2.34. The van der Waals surface area contributed by atoms with Crippen LogP contribution in [-0.2, 0) is 0 Å². The fourth-order valence-electron chi connectivity index (χ4n) is 1.21. The summed E-state index contributed by atoms with van der Waals surface area (Å²) in [6.45, 7) is 5.94. The fraction of sp³-hybridized carbons (Fsp3) is 0.500. The maximum absolute atomic E-state index is 13.0. The average molecular weight is 324 g/mol. The average Bonchev–Trinajstić information content (AvgIpc) is 2.15. The highest BCUT2D eigenvalue weighted by Crippen LogP contribution is 2.29. The Bertz CT molecular complexity index is 366. The molecule has 0 bridgehead atoms. The monoisotopic (exact) mass is 323 g/mol. The Morgan fingerprint density at radius 3 is 2.41 bits per heavy atom. The summed E-state index contributed by atoms with van der Waals surface area (Å²) in [6.07, 6.45) is -2.43. The minimum atomic E-state index is -2.43. The van der Waals surface area contributed by atoms with Crippen molar-refractivity contribution in [2.24, 2.45) is 0 Å². The Labute approximate surface area is 114 Å². The Morgan fingerprint density at radius 1 is 1.29 bits per heavy atom. The van der Waals surface area contributed by atoms with Gasteiger partial charge in [0, 0.05) is 9.22 Å². The van der Waals surface area contributed by atoms with E-state index in [0.717, 1.165) is 4.47 Å². The third-order valence-electron chi connectivity index (χ3n) is 1.95. The highest BCUT2D eigenvalue weighted by Gasteiger charge is 2.24. The molecule has 17 heavy (non-hydrogen) atoms. The van der Waals surface area contributed by atoms with Crippen LogP contribution in [0.2, 0.25) is 0 Å². The summed E-state index contributed by atoms with van der Waals surface area (Å²) < 4.78 is 29.6. The van der Waals surface area contributed by atoms with Crippen molar-refractivity contribution in [1.82, 2.24) is 4.72 Å². The Morgan fingerprint density at radius 2 is 1.94 bits per heavy atom. The second kappa shape index (κ2) is 6.16. The molecule has 1 aromatic carbocycles. The van der Waals surface area contributed by atoms with Gasteiger partial charge in [-0.1, -0.05) is 40.0 Å². The summed E-state index contributed by atoms with van der Waals surface area (Å²) in [7, 11) is 0. The van der Waals surface area contributed by atoms with Crippen molar-refractivity contribution in [3.05, 3.63) is 34.3 Å². The van der Waals surface area contributed by atoms with Gasteiger partial charge in [0.05, 0.1) is 0 Å². The van der Waals surface area contributed by atoms with Crippen LogP contribution in [-0.4, -0.2) is 11.2 Å². The van der Waals surface area contributed by atoms with Crippen LogP contribution in [0.1, 0.15) is 32.4 Å². The molecular formula is C12H16BrF2NS. The topological polar surface area (TPSA) is 12.0 Å². The van der Waals surface area contributed by atoms with Gasteiger partial charge in [0.25, 0.3) is 6.43 Å². The number of alkyl halides is 2. The van der Waals surface area contributed by atoms with Gasteiger partial charge in [-0.25, -0.2) is 8.78 Å². The van der Waals surface area contributed by atoms with E-state index in [1.165, 1.54) is 11.9 Å². The second-order valence-electron chi connectivity index (χ2n) is 4.70. The zero-order valence-electron chi connectivity index (χ0n) is 10.0. The molecule has 0 amide bonds. The smallest absolute Gasteiger partial charge is 0.250 e. The molecule has 1 aromatic rings. The van der Waals surface area contributed by atoms with Gasteiger partial charge < -0.3 is 0 Å². The van der Waals surface area contributed by atoms with Gasteiger partial charge >= 0.3 is 0 Å². The normalized spacial score (nSPS) is 14.1. The predicted octanol–water partition coefficient (Wildman–Crippen LogP) is 4.79. The van der Waals surface area contributed by atoms with E-state index < -0.39 is 12.5 Å². The lowest BCUT2D eigenvalue weighted by molar-refractivity contribution is 0.110. The first-order valence-corrected chi connectivity index (χ1v) is 6.88. The molecular weight excluding hydrogens is 308 g/mol. The molecule has 5 heteroatoms. The summed E-state index contributed by atoms with van der Waals surface area (Å²) in [5, 5.41) is 0. The SMILES string of the molecule is CC(C)(C)SNC(c1cccc(Br)c1)C(F)F. The van der Waals surface area contributed by atoms with Gasteiger partial charge in [-0.05, 0) is 38.5 Å². The van der Waals surface area contributed by atoms with E-state index >= 15 is 0 Å². The lowest BCUT2D eigenvalue weighted by atomic mass is 10.1. The van der Waals surface area contributed by atoms with E-state index in [1.807, 2.05) is 26.8 Å². The van der Waals surface area contributed by atoms with Crippen LogP contribution in [0.25, 0.3) is 0 Å². The van der Waals surface area contributed by atoms with Crippen LogP contribution in [0, 0.1) is 0 Å². The molecule has 0 saturated heterocycles. The number of rotatable bonds is 4. The molecule has 0 fully saturated rings. The summed E-state index contributed by atoms with van der Waals surface area (Å²) in [5.74, 6) is 0. The van der Waals surface area contributed by atoms with Gasteiger partial charge in [0.15, 0.2) is 0 Å². The molecule has 0 radical (unpaired) electrons. The van der Waals surface area contributed by atoms with Crippen molar-refractivity contribution in [3.8, 4) is 0 Å². The first-order chi connectivity index (χ1) is 7.79. The van der Waals surface area contributed by atoms with Crippen LogP contribution in [0.15, 0.2) is 28.7 Å². The van der Waals surface area contributed by atoms with Gasteiger partial charge in [-0.3, -0.25) is 4.72 Å². The molecule has 0 aliphatic carbocycles. The molecule has 1 N–H and O–H groups in total. The van der Waals surface area contributed by atoms with E-state index in [9.17, 15) is 8.78 Å². The summed E-state index contributed by atoms with van der Waals surface area (Å²) in [5.41, 5.74) is 0.589. The lowest BCUT2D eigenvalue weighted by Crippen LogP contribution is -2.26. The molecule has 96 valence electrons. The third kappa shape index (κ3) is 5.36. The summed E-state index contributed by atoms with van der Waals surface area (Å²) in [6, 6.07) is 6.06. The molecule has 0 spiro atoms. The molecule has 0 saturated carbocycles. The van der Waals surface area contributed by atoms with Gasteiger partial charge in [0.1, 0.15) is 6.04 Å². The zero-order chi connectivity index (χ0) is 13.1. The van der Waals surface area contributed by atoms with Crippen LogP contribution in [0.3, 0.4) is 0 Å². The van der Waals surface area contributed by atoms with E-state index in [4.69, 9.17) is 0 Å². The van der Waals surface area contributed by atoms with Crippen molar-refractivity contribution in [3.63, 3.8) is 0 Å². The van der Waals surface area contributed by atoms with Crippen molar-refractivity contribution in [2.45, 2.75) is 38.0 Å². The standard InChI is InChI=1S/C12H16BrF2NS/c1-12(2,3)17-16-10(11(14)15)8-5-4-6-9(13)7-8/h4-7,10-11,16H,1-3H3. The van der Waals surface area contributed by atoms with E-state index in [1.54, 1.807) is 18.2 Å². The molecule has 1 atom stereocenters. The Hall–Kier alpha value is -0.130. The van der Waals surface area contributed by atoms with E-state index in [-0.39, 0.29) is 4.75 Å². The summed E-state index contributed by atoms with van der Waals surface area (Å²) in [4.78, 5) is 0. The molecule has 1 rings (SSSR count). The van der Waals surface area contributed by atoms with Crippen LogP contribution >= 0.6 is 27.9 Å². The van der Waals surface area contributed by atoms with Crippen molar-refractivity contribution < 1.29 is 8.78 Å². The maximum Gasteiger partial charge on any atom is 0.258 e. The van der Waals surface area contributed by atoms with Crippen LogP contribution < -0.4 is 4.72 Å². The summed E-state index contributed by atoms with van der Waals surface area (Å²) >= 11 is 4.62. The lowest BCUT2D eigenvalue weighted by Gasteiger charge is -2.24. The maximum atomic E-state index is 13.0. The van der Waals surface area contributed by atoms with Gasteiger partial charge in [0.2, 0.25) is 0 Å². The molecule has 1 unspecified atom stereocenters. The third-order valence-corrected chi connectivity index (χ3v) is 3.43. The first-order valence-electron chi connectivity index (χ1n) is 5.27. The van der Waals surface area contributed by atoms with Crippen LogP contribution in [0.4, 0.5) is 8.78 Å². The van der Waals surface area contributed by atoms with E-state index in [2.05, 4.69) is 20.7 Å². The quantitative estimate of drug-likeness (QED) is 0.799. The van der Waals surface area contributed by atoms with Crippen molar-refractivity contribution >= 4 is 27.9 Å². The molecule has 0 heterocycles. The Kier molecular flexibility index (Phi) is 5.41. The molecule has 0 aromatic heterocycles.